The first kappa shape index (κ1) is 14.5. The fourth-order valence-electron chi connectivity index (χ4n) is 3.70. The summed E-state index contributed by atoms with van der Waals surface area (Å²) in [5.74, 6) is 1.36. The van der Waals surface area contributed by atoms with Crippen molar-refractivity contribution >= 4 is 17.6 Å². The van der Waals surface area contributed by atoms with Gasteiger partial charge in [0.25, 0.3) is 0 Å². The van der Waals surface area contributed by atoms with Gasteiger partial charge in [0, 0.05) is 25.8 Å². The number of carbonyl (C=O) groups excluding carboxylic acids is 2. The highest BCUT2D eigenvalue weighted by atomic mass is 16.2. The summed E-state index contributed by atoms with van der Waals surface area (Å²) in [6.07, 6.45) is 7.55. The van der Waals surface area contributed by atoms with E-state index in [2.05, 4.69) is 10.3 Å². The molecule has 2 saturated heterocycles. The van der Waals surface area contributed by atoms with Gasteiger partial charge in [0.15, 0.2) is 0 Å². The number of likely N-dealkylation sites (tertiary alicyclic amines) is 2. The van der Waals surface area contributed by atoms with Crippen LogP contribution in [-0.4, -0.2) is 52.4 Å². The summed E-state index contributed by atoms with van der Waals surface area (Å²) in [5.41, 5.74) is 0.665. The Morgan fingerprint density at radius 1 is 1.35 bits per heavy atom. The monoisotopic (exact) mass is 314 g/mol. The van der Waals surface area contributed by atoms with Crippen molar-refractivity contribution in [2.45, 2.75) is 31.7 Å². The third-order valence-electron chi connectivity index (χ3n) is 5.14. The maximum absolute atomic E-state index is 12.8. The molecule has 6 heteroatoms. The van der Waals surface area contributed by atoms with Crippen LogP contribution >= 0.6 is 0 Å². The van der Waals surface area contributed by atoms with E-state index in [1.165, 1.54) is 12.8 Å². The van der Waals surface area contributed by atoms with Crippen LogP contribution in [0.2, 0.25) is 0 Å². The second-order valence-corrected chi connectivity index (χ2v) is 6.96. The maximum atomic E-state index is 12.8. The molecule has 3 heterocycles. The smallest absolute Gasteiger partial charge is 0.322 e. The molecule has 4 rings (SSSR count). The number of fused-ring (bicyclic) bond motifs is 2. The third-order valence-corrected chi connectivity index (χ3v) is 5.14. The van der Waals surface area contributed by atoms with Crippen LogP contribution in [0.25, 0.3) is 0 Å². The topological polar surface area (TPSA) is 65.5 Å². The molecular weight excluding hydrogens is 292 g/mol. The third kappa shape index (κ3) is 3.02. The number of amides is 3. The average Bonchev–Trinajstić information content (AvgIpc) is 3.37. The van der Waals surface area contributed by atoms with E-state index < -0.39 is 0 Å². The number of piperidine rings is 2. The van der Waals surface area contributed by atoms with Gasteiger partial charge in [-0.25, -0.2) is 4.79 Å². The van der Waals surface area contributed by atoms with Crippen molar-refractivity contribution in [3.63, 3.8) is 0 Å². The lowest BCUT2D eigenvalue weighted by Crippen LogP contribution is -2.61. The first-order valence-electron chi connectivity index (χ1n) is 8.47. The normalized spacial score (nSPS) is 27.0. The summed E-state index contributed by atoms with van der Waals surface area (Å²) in [7, 11) is 0. The van der Waals surface area contributed by atoms with Crippen molar-refractivity contribution in [1.82, 2.24) is 14.8 Å². The van der Waals surface area contributed by atoms with E-state index in [1.807, 2.05) is 4.90 Å². The predicted molar refractivity (Wildman–Crippen MR) is 85.8 cm³/mol. The molecule has 2 aliphatic heterocycles. The zero-order chi connectivity index (χ0) is 15.8. The molecule has 0 radical (unpaired) electrons. The zero-order valence-electron chi connectivity index (χ0n) is 13.1. The largest absolute Gasteiger partial charge is 0.340 e. The Bertz CT molecular complexity index is 602. The molecule has 122 valence electrons. The fraction of sp³-hybridized carbons (Fsp3) is 0.588. The predicted octanol–water partition coefficient (Wildman–Crippen LogP) is 1.95. The first-order chi connectivity index (χ1) is 11.2. The van der Waals surface area contributed by atoms with Crippen molar-refractivity contribution < 1.29 is 9.59 Å². The minimum absolute atomic E-state index is 0.134. The first-order valence-corrected chi connectivity index (χ1v) is 8.47. The van der Waals surface area contributed by atoms with Crippen LogP contribution in [0, 0.1) is 11.8 Å². The molecule has 2 bridgehead atoms. The number of aromatic nitrogens is 1. The molecule has 3 fully saturated rings. The van der Waals surface area contributed by atoms with Crippen LogP contribution in [-0.2, 0) is 4.79 Å². The Labute approximate surface area is 135 Å². The number of hydrogen-bond donors (Lipinski definition) is 1. The number of pyridine rings is 1. The standard InChI is InChI=1S/C17H22N4O2/c22-16-15-8-13(11-20(16)10-12-3-4-12)5-7-21(15)17(23)19-14-2-1-6-18-9-14/h1-2,6,9,12-13,15H,3-5,7-8,10-11H2,(H,19,23)/t13-,15+/m0/s1. The molecule has 3 aliphatic rings. The number of nitrogens with zero attached hydrogens (tertiary/aromatic N) is 3. The van der Waals surface area contributed by atoms with E-state index in [0.29, 0.717) is 24.1 Å². The molecular formula is C17H22N4O2. The molecule has 1 aromatic heterocycles. The van der Waals surface area contributed by atoms with Crippen molar-refractivity contribution in [2.75, 3.05) is 25.0 Å². The van der Waals surface area contributed by atoms with Crippen molar-refractivity contribution in [1.29, 1.82) is 0 Å². The molecule has 23 heavy (non-hydrogen) atoms. The zero-order valence-corrected chi connectivity index (χ0v) is 13.1. The minimum atomic E-state index is -0.294. The quantitative estimate of drug-likeness (QED) is 0.927. The number of carbonyl (C=O) groups is 2. The van der Waals surface area contributed by atoms with E-state index in [1.54, 1.807) is 29.4 Å². The molecule has 3 amide bonds. The van der Waals surface area contributed by atoms with Gasteiger partial charge < -0.3 is 15.1 Å². The molecule has 0 unspecified atom stereocenters. The van der Waals surface area contributed by atoms with E-state index in [-0.39, 0.29) is 18.0 Å². The summed E-state index contributed by atoms with van der Waals surface area (Å²) in [6.45, 7) is 2.41. The van der Waals surface area contributed by atoms with Crippen molar-refractivity contribution in [3.8, 4) is 0 Å². The second kappa shape index (κ2) is 5.83. The highest BCUT2D eigenvalue weighted by Gasteiger charge is 2.44. The molecule has 1 aromatic rings. The number of hydrogen-bond acceptors (Lipinski definition) is 3. The van der Waals surface area contributed by atoms with Crippen LogP contribution in [0.5, 0.6) is 0 Å². The summed E-state index contributed by atoms with van der Waals surface area (Å²) in [6, 6.07) is 3.10. The van der Waals surface area contributed by atoms with Gasteiger partial charge in [0.05, 0.1) is 11.9 Å². The molecule has 1 saturated carbocycles. The molecule has 1 aliphatic carbocycles. The van der Waals surface area contributed by atoms with Crippen molar-refractivity contribution in [2.24, 2.45) is 11.8 Å². The van der Waals surface area contributed by atoms with Gasteiger partial charge in [-0.1, -0.05) is 0 Å². The minimum Gasteiger partial charge on any atom is -0.340 e. The van der Waals surface area contributed by atoms with Crippen LogP contribution < -0.4 is 5.32 Å². The SMILES string of the molecule is O=C1[C@H]2C[C@H](CCN2C(=O)Nc2cccnc2)CN1CC1CC1. The molecule has 2 atom stereocenters. The second-order valence-electron chi connectivity index (χ2n) is 6.96. The molecule has 1 N–H and O–H groups in total. The number of rotatable bonds is 3. The summed E-state index contributed by atoms with van der Waals surface area (Å²) >= 11 is 0. The highest BCUT2D eigenvalue weighted by molar-refractivity contribution is 5.94. The summed E-state index contributed by atoms with van der Waals surface area (Å²) in [5, 5.41) is 2.86. The molecule has 0 aromatic carbocycles. The van der Waals surface area contributed by atoms with Crippen LogP contribution in [0.4, 0.5) is 10.5 Å². The lowest BCUT2D eigenvalue weighted by atomic mass is 9.86. The summed E-state index contributed by atoms with van der Waals surface area (Å²) in [4.78, 5) is 33.0. The van der Waals surface area contributed by atoms with Gasteiger partial charge >= 0.3 is 6.03 Å². The Morgan fingerprint density at radius 3 is 2.96 bits per heavy atom. The van der Waals surface area contributed by atoms with Crippen LogP contribution in [0.15, 0.2) is 24.5 Å². The average molecular weight is 314 g/mol. The number of urea groups is 1. The van der Waals surface area contributed by atoms with E-state index in [9.17, 15) is 9.59 Å². The van der Waals surface area contributed by atoms with Gasteiger partial charge in [-0.05, 0) is 49.7 Å². The van der Waals surface area contributed by atoms with Gasteiger partial charge in [-0.3, -0.25) is 9.78 Å². The van der Waals surface area contributed by atoms with Gasteiger partial charge in [-0.2, -0.15) is 0 Å². The maximum Gasteiger partial charge on any atom is 0.322 e. The lowest BCUT2D eigenvalue weighted by molar-refractivity contribution is -0.143. The molecule has 0 spiro atoms. The Morgan fingerprint density at radius 2 is 2.22 bits per heavy atom. The Kier molecular flexibility index (Phi) is 3.67. The summed E-state index contributed by atoms with van der Waals surface area (Å²) < 4.78 is 0. The highest BCUT2D eigenvalue weighted by Crippen LogP contribution is 2.35. The van der Waals surface area contributed by atoms with E-state index in [4.69, 9.17) is 0 Å². The van der Waals surface area contributed by atoms with Crippen LogP contribution in [0.3, 0.4) is 0 Å². The van der Waals surface area contributed by atoms with E-state index in [0.717, 1.165) is 25.9 Å². The lowest BCUT2D eigenvalue weighted by Gasteiger charge is -2.46. The van der Waals surface area contributed by atoms with Crippen LogP contribution in [0.1, 0.15) is 25.7 Å². The van der Waals surface area contributed by atoms with Crippen molar-refractivity contribution in [3.05, 3.63) is 24.5 Å². The van der Waals surface area contributed by atoms with Gasteiger partial charge in [0.2, 0.25) is 5.91 Å². The number of nitrogens with one attached hydrogen (secondary N) is 1. The van der Waals surface area contributed by atoms with Gasteiger partial charge in [0.1, 0.15) is 6.04 Å². The van der Waals surface area contributed by atoms with Gasteiger partial charge in [-0.15, -0.1) is 0 Å². The fourth-order valence-corrected chi connectivity index (χ4v) is 3.70. The van der Waals surface area contributed by atoms with E-state index >= 15 is 0 Å². The Balaban J connectivity index is 1.46. The molecule has 6 nitrogen and oxygen atoms in total. The number of anilines is 1. The Hall–Kier alpha value is -2.11.